The lowest BCUT2D eigenvalue weighted by Gasteiger charge is -2.31. The molecule has 0 spiro atoms. The molecule has 1 aliphatic rings. The first kappa shape index (κ1) is 29.7. The summed E-state index contributed by atoms with van der Waals surface area (Å²) in [5.41, 5.74) is 6.73. The number of benzene rings is 1. The fraction of sp³-hybridized carbons (Fsp3) is 0.267. The molecular formula is C30H25F5N4O4. The molecule has 43 heavy (non-hydrogen) atoms. The van der Waals surface area contributed by atoms with Gasteiger partial charge in [0.25, 0.3) is 11.8 Å². The molecule has 1 saturated heterocycles. The highest BCUT2D eigenvalue weighted by Gasteiger charge is 2.36. The summed E-state index contributed by atoms with van der Waals surface area (Å²) in [4.78, 5) is 34.6. The number of aromatic nitrogens is 2. The highest BCUT2D eigenvalue weighted by atomic mass is 19.4. The second-order valence-corrected chi connectivity index (χ2v) is 10.0. The maximum atomic E-state index is 13.5. The molecule has 5 rings (SSSR count). The Hall–Kier alpha value is -4.81. The second-order valence-electron chi connectivity index (χ2n) is 10.0. The third-order valence-corrected chi connectivity index (χ3v) is 6.84. The van der Waals surface area contributed by atoms with Gasteiger partial charge >= 0.3 is 6.36 Å². The van der Waals surface area contributed by atoms with E-state index >= 15 is 0 Å². The van der Waals surface area contributed by atoms with Crippen LogP contribution >= 0.6 is 0 Å². The van der Waals surface area contributed by atoms with E-state index < -0.39 is 36.8 Å². The number of furan rings is 1. The van der Waals surface area contributed by atoms with E-state index in [1.54, 1.807) is 24.3 Å². The largest absolute Gasteiger partial charge is 0.573 e. The number of likely N-dealkylation sites (tertiary alicyclic amines) is 1. The monoisotopic (exact) mass is 600 g/mol. The van der Waals surface area contributed by atoms with Crippen LogP contribution in [0.2, 0.25) is 0 Å². The molecule has 4 heterocycles. The maximum absolute atomic E-state index is 13.5. The number of amides is 1. The van der Waals surface area contributed by atoms with Crippen molar-refractivity contribution in [3.8, 4) is 17.0 Å². The molecule has 3 aromatic heterocycles. The molecule has 0 bridgehead atoms. The van der Waals surface area contributed by atoms with Gasteiger partial charge in [0.1, 0.15) is 11.6 Å². The quantitative estimate of drug-likeness (QED) is 0.183. The Kier molecular flexibility index (Phi) is 8.16. The van der Waals surface area contributed by atoms with Crippen LogP contribution in [0, 0.1) is 0 Å². The van der Waals surface area contributed by atoms with Crippen LogP contribution in [0.5, 0.6) is 5.75 Å². The Balaban J connectivity index is 1.33. The van der Waals surface area contributed by atoms with Crippen molar-refractivity contribution in [2.75, 3.05) is 18.8 Å². The summed E-state index contributed by atoms with van der Waals surface area (Å²) in [7, 11) is 0. The van der Waals surface area contributed by atoms with Gasteiger partial charge in [0.2, 0.25) is 0 Å². The van der Waals surface area contributed by atoms with E-state index in [1.807, 2.05) is 0 Å². The van der Waals surface area contributed by atoms with Crippen LogP contribution in [0.3, 0.4) is 0 Å². The number of ether oxygens (including phenoxy) is 1. The number of anilines is 1. The number of aryl methyl sites for hydroxylation is 1. The van der Waals surface area contributed by atoms with Crippen molar-refractivity contribution in [1.29, 1.82) is 0 Å². The van der Waals surface area contributed by atoms with E-state index in [1.165, 1.54) is 41.6 Å². The van der Waals surface area contributed by atoms with Gasteiger partial charge in [0.05, 0.1) is 11.3 Å². The fourth-order valence-corrected chi connectivity index (χ4v) is 4.59. The van der Waals surface area contributed by atoms with Gasteiger partial charge in [0.15, 0.2) is 17.1 Å². The lowest BCUT2D eigenvalue weighted by molar-refractivity contribution is -0.274. The zero-order valence-electron chi connectivity index (χ0n) is 22.5. The Morgan fingerprint density at radius 3 is 2.47 bits per heavy atom. The number of rotatable bonds is 8. The number of nitrogens with zero attached hydrogens (tertiary/aromatic N) is 3. The molecule has 1 aromatic carbocycles. The Bertz CT molecular complexity index is 1660. The first-order valence-electron chi connectivity index (χ1n) is 13.2. The predicted molar refractivity (Wildman–Crippen MR) is 147 cm³/mol. The molecule has 1 aliphatic heterocycles. The number of nitrogens with two attached hydrogens (primary N) is 1. The van der Waals surface area contributed by atoms with Crippen LogP contribution < -0.4 is 10.5 Å². The number of ketones is 1. The molecule has 0 saturated carbocycles. The zero-order valence-corrected chi connectivity index (χ0v) is 22.5. The summed E-state index contributed by atoms with van der Waals surface area (Å²) in [6.07, 6.45) is -0.00115. The van der Waals surface area contributed by atoms with E-state index in [0.717, 1.165) is 6.07 Å². The molecule has 224 valence electrons. The minimum atomic E-state index is -5.01. The lowest BCUT2D eigenvalue weighted by atomic mass is 10.0. The van der Waals surface area contributed by atoms with E-state index in [-0.39, 0.29) is 59.9 Å². The first-order chi connectivity index (χ1) is 20.3. The maximum Gasteiger partial charge on any atom is 0.573 e. The number of hydrogen-bond acceptors (Lipinski definition) is 7. The van der Waals surface area contributed by atoms with E-state index in [4.69, 9.17) is 10.2 Å². The van der Waals surface area contributed by atoms with Crippen LogP contribution in [-0.2, 0) is 11.2 Å². The average Bonchev–Trinajstić information content (AvgIpc) is 3.38. The number of halogens is 5. The number of nitrogen functional groups attached to an aromatic ring is 1. The van der Waals surface area contributed by atoms with Gasteiger partial charge in [-0.1, -0.05) is 0 Å². The summed E-state index contributed by atoms with van der Waals surface area (Å²) >= 11 is 0. The van der Waals surface area contributed by atoms with Crippen LogP contribution in [0.1, 0.15) is 40.9 Å². The van der Waals surface area contributed by atoms with Crippen molar-refractivity contribution in [2.45, 2.75) is 38.0 Å². The summed E-state index contributed by atoms with van der Waals surface area (Å²) in [5.74, 6) is -3.47. The van der Waals surface area contributed by atoms with Crippen molar-refractivity contribution in [3.05, 3.63) is 77.8 Å². The highest BCUT2D eigenvalue weighted by Crippen LogP contribution is 2.37. The van der Waals surface area contributed by atoms with Crippen molar-refractivity contribution < 1.29 is 40.7 Å². The molecule has 0 aliphatic carbocycles. The molecule has 0 radical (unpaired) electrons. The molecule has 0 unspecified atom stereocenters. The van der Waals surface area contributed by atoms with Crippen LogP contribution in [-0.4, -0.2) is 51.9 Å². The van der Waals surface area contributed by atoms with Crippen LogP contribution in [0.4, 0.5) is 27.8 Å². The van der Waals surface area contributed by atoms with Crippen LogP contribution in [0.15, 0.2) is 65.4 Å². The number of carbonyl (C=O) groups excluding carboxylic acids is 2. The highest BCUT2D eigenvalue weighted by molar-refractivity contribution is 5.95. The summed E-state index contributed by atoms with van der Waals surface area (Å²) in [6, 6.07) is 10.4. The van der Waals surface area contributed by atoms with Gasteiger partial charge < -0.3 is 19.8 Å². The van der Waals surface area contributed by atoms with E-state index in [0.29, 0.717) is 16.8 Å². The minimum absolute atomic E-state index is 0.0345. The Labute approximate surface area is 242 Å². The van der Waals surface area contributed by atoms with Gasteiger partial charge in [-0.25, -0.2) is 13.8 Å². The number of hydrogen-bond donors (Lipinski definition) is 1. The average molecular weight is 601 g/mol. The topological polar surface area (TPSA) is 112 Å². The standard InChI is InChI=1S/C30H25F5N4O4/c31-29(32)9-11-39(12-10-29)28(41)19-3-7-24(37-17-19)20-13-21-14-23(42-27(21)25(15-20)43-30(33,34)35)6-5-22(40)4-1-18-2-8-26(36)38-16-18/h1-4,7-8,13-17H,5-6,9-12H2,(H2,36,38)/b4-1+. The summed E-state index contributed by atoms with van der Waals surface area (Å²) in [5, 5.41) is 0.291. The zero-order chi connectivity index (χ0) is 30.8. The van der Waals surface area contributed by atoms with Gasteiger partial charge in [-0.2, -0.15) is 0 Å². The van der Waals surface area contributed by atoms with Crippen LogP contribution in [0.25, 0.3) is 28.3 Å². The van der Waals surface area contributed by atoms with Gasteiger partial charge in [0, 0.05) is 62.1 Å². The number of alkyl halides is 5. The molecule has 13 heteroatoms. The third-order valence-electron chi connectivity index (χ3n) is 6.84. The van der Waals surface area contributed by atoms with Gasteiger partial charge in [-0.05, 0) is 60.2 Å². The fourth-order valence-electron chi connectivity index (χ4n) is 4.59. The number of piperidine rings is 1. The number of allylic oxidation sites excluding steroid dienone is 1. The Morgan fingerprint density at radius 2 is 1.81 bits per heavy atom. The smallest absolute Gasteiger partial charge is 0.457 e. The molecule has 2 N–H and O–H groups in total. The summed E-state index contributed by atoms with van der Waals surface area (Å²) < 4.78 is 76.5. The number of pyridine rings is 2. The van der Waals surface area contributed by atoms with Crippen molar-refractivity contribution in [2.24, 2.45) is 0 Å². The Morgan fingerprint density at radius 1 is 1.05 bits per heavy atom. The molecule has 8 nitrogen and oxygen atoms in total. The summed E-state index contributed by atoms with van der Waals surface area (Å²) in [6.45, 7) is -0.180. The molecule has 1 fully saturated rings. The normalized spacial score (nSPS) is 15.2. The third kappa shape index (κ3) is 7.53. The SMILES string of the molecule is Nc1ccc(/C=C/C(=O)CCc2cc3cc(-c4ccc(C(=O)N5CCC(F)(F)CC5)cn4)cc(OC(F)(F)F)c3o2)cn1. The van der Waals surface area contributed by atoms with Crippen molar-refractivity contribution in [1.82, 2.24) is 14.9 Å². The predicted octanol–water partition coefficient (Wildman–Crippen LogP) is 6.46. The lowest BCUT2D eigenvalue weighted by Crippen LogP contribution is -2.42. The van der Waals surface area contributed by atoms with Gasteiger partial charge in [-0.15, -0.1) is 13.2 Å². The molecular weight excluding hydrogens is 575 g/mol. The number of fused-ring (bicyclic) bond motifs is 1. The second kappa shape index (κ2) is 11.8. The van der Waals surface area contributed by atoms with Crippen molar-refractivity contribution >= 4 is 34.6 Å². The molecule has 0 atom stereocenters. The molecule has 4 aromatic rings. The minimum Gasteiger partial charge on any atom is -0.457 e. The van der Waals surface area contributed by atoms with E-state index in [2.05, 4.69) is 14.7 Å². The first-order valence-corrected chi connectivity index (χ1v) is 13.2. The van der Waals surface area contributed by atoms with Crippen molar-refractivity contribution in [3.63, 3.8) is 0 Å². The number of carbonyl (C=O) groups is 2. The van der Waals surface area contributed by atoms with Gasteiger partial charge in [-0.3, -0.25) is 14.6 Å². The molecule has 1 amide bonds. The van der Waals surface area contributed by atoms with E-state index in [9.17, 15) is 31.5 Å².